The van der Waals surface area contributed by atoms with Crippen molar-refractivity contribution in [2.24, 2.45) is 0 Å². The van der Waals surface area contributed by atoms with Gasteiger partial charge in [0.15, 0.2) is 0 Å². The molecule has 2 saturated heterocycles. The van der Waals surface area contributed by atoms with Crippen LogP contribution in [-0.2, 0) is 22.6 Å². The van der Waals surface area contributed by atoms with Crippen LogP contribution in [0.3, 0.4) is 0 Å². The Balaban J connectivity index is 1.25. The maximum atomic E-state index is 14.4. The van der Waals surface area contributed by atoms with Crippen molar-refractivity contribution in [1.82, 2.24) is 30.5 Å². The molecule has 2 aliphatic carbocycles. The molecule has 11 nitrogen and oxygen atoms in total. The molecule has 0 aromatic heterocycles. The zero-order valence-corrected chi connectivity index (χ0v) is 29.1. The zero-order chi connectivity index (χ0) is 35.7. The fourth-order valence-corrected chi connectivity index (χ4v) is 7.37. The van der Waals surface area contributed by atoms with Crippen LogP contribution in [0.2, 0.25) is 0 Å². The first kappa shape index (κ1) is 35.7. The number of hydrazine groups is 1. The Hall–Kier alpha value is -5.16. The molecule has 0 bridgehead atoms. The minimum Gasteiger partial charge on any atom is -0.508 e. The van der Waals surface area contributed by atoms with Crippen LogP contribution < -0.4 is 10.6 Å². The molecule has 2 aliphatic heterocycles. The first-order valence-electron chi connectivity index (χ1n) is 18.0. The number of carbonyl (C=O) groups excluding carboxylic acids is 4. The highest BCUT2D eigenvalue weighted by Gasteiger charge is 2.51. The average Bonchev–Trinajstić information content (AvgIpc) is 3.14. The number of rotatable bonds is 12. The van der Waals surface area contributed by atoms with E-state index in [-0.39, 0.29) is 62.1 Å². The Bertz CT molecular complexity index is 1720. The standard InChI is InChI=1S/C40H48N6O5/c1-2-22-44-28-37(48)45-35(24-30-16-18-34(47)19-17-30)39(50)43(27-36(45)46(44)40(51)42-25-31-12-7-4-8-13-31)26-32-14-9-15-33(23-32)38(49)41-21-20-29-10-5-3-6-11-29/h2,4,7,9-10,12,14-19,23,35-36,47H,1,3,5-6,8,11,13,20-22,24-28H2,(H,41,49)(H,42,51)/t35-,36-/m0/s1. The van der Waals surface area contributed by atoms with E-state index < -0.39 is 12.2 Å². The van der Waals surface area contributed by atoms with Crippen LogP contribution in [0, 0.1) is 0 Å². The van der Waals surface area contributed by atoms with E-state index >= 15 is 0 Å². The molecule has 4 aliphatic rings. The number of phenols is 1. The number of nitrogens with zero attached hydrogens (tertiary/aromatic N) is 4. The number of hydrogen-bond donors (Lipinski definition) is 3. The van der Waals surface area contributed by atoms with Gasteiger partial charge in [-0.1, -0.05) is 65.8 Å². The topological polar surface area (TPSA) is 126 Å². The van der Waals surface area contributed by atoms with Crippen LogP contribution >= 0.6 is 0 Å². The number of amides is 5. The van der Waals surface area contributed by atoms with Crippen molar-refractivity contribution in [2.45, 2.75) is 70.1 Å². The summed E-state index contributed by atoms with van der Waals surface area (Å²) in [5, 5.41) is 19.2. The molecule has 0 radical (unpaired) electrons. The number of nitrogens with one attached hydrogen (secondary N) is 2. The number of allylic oxidation sites excluding steroid dienone is 4. The van der Waals surface area contributed by atoms with Gasteiger partial charge in [0, 0.05) is 38.2 Å². The first-order chi connectivity index (χ1) is 24.8. The monoisotopic (exact) mass is 692 g/mol. The zero-order valence-electron chi connectivity index (χ0n) is 29.1. The lowest BCUT2D eigenvalue weighted by Crippen LogP contribution is -2.76. The maximum Gasteiger partial charge on any atom is 0.334 e. The summed E-state index contributed by atoms with van der Waals surface area (Å²) in [6.07, 6.45) is 16.7. The molecule has 6 rings (SSSR count). The quantitative estimate of drug-likeness (QED) is 0.274. The number of aromatic hydroxyl groups is 1. The Morgan fingerprint density at radius 1 is 0.980 bits per heavy atom. The van der Waals surface area contributed by atoms with Gasteiger partial charge in [0.05, 0.1) is 13.1 Å². The third-order valence-corrected chi connectivity index (χ3v) is 9.99. The van der Waals surface area contributed by atoms with Crippen molar-refractivity contribution in [3.8, 4) is 5.75 Å². The van der Waals surface area contributed by atoms with Gasteiger partial charge in [-0.2, -0.15) is 0 Å². The van der Waals surface area contributed by atoms with Gasteiger partial charge in [-0.05, 0) is 80.3 Å². The largest absolute Gasteiger partial charge is 0.508 e. The first-order valence-corrected chi connectivity index (χ1v) is 18.0. The summed E-state index contributed by atoms with van der Waals surface area (Å²) in [4.78, 5) is 58.6. The molecule has 2 heterocycles. The van der Waals surface area contributed by atoms with Crippen LogP contribution in [0.1, 0.15) is 66.4 Å². The minimum absolute atomic E-state index is 0.0781. The van der Waals surface area contributed by atoms with Gasteiger partial charge in [0.25, 0.3) is 5.91 Å². The lowest BCUT2D eigenvalue weighted by atomic mass is 9.97. The molecule has 0 unspecified atom stereocenters. The summed E-state index contributed by atoms with van der Waals surface area (Å²) in [5.74, 6) is -0.576. The molecule has 0 saturated carbocycles. The number of benzene rings is 2. The summed E-state index contributed by atoms with van der Waals surface area (Å²) in [5.41, 5.74) is 4.54. The molecule has 0 spiro atoms. The second-order valence-corrected chi connectivity index (χ2v) is 13.6. The number of piperazine rings is 1. The van der Waals surface area contributed by atoms with E-state index in [1.165, 1.54) is 18.4 Å². The Labute approximate surface area is 299 Å². The summed E-state index contributed by atoms with van der Waals surface area (Å²) in [7, 11) is 0. The molecule has 2 fully saturated rings. The van der Waals surface area contributed by atoms with Crippen LogP contribution in [0.5, 0.6) is 5.75 Å². The highest BCUT2D eigenvalue weighted by atomic mass is 16.3. The highest BCUT2D eigenvalue weighted by molar-refractivity contribution is 5.94. The summed E-state index contributed by atoms with van der Waals surface area (Å²) >= 11 is 0. The fourth-order valence-electron chi connectivity index (χ4n) is 7.37. The van der Waals surface area contributed by atoms with Gasteiger partial charge in [-0.15, -0.1) is 6.58 Å². The fraction of sp³-hybridized carbons (Fsp3) is 0.400. The molecule has 2 aromatic carbocycles. The Morgan fingerprint density at radius 2 is 1.82 bits per heavy atom. The van der Waals surface area contributed by atoms with Crippen LogP contribution in [0.15, 0.2) is 96.6 Å². The van der Waals surface area contributed by atoms with Crippen molar-refractivity contribution >= 4 is 23.8 Å². The predicted octanol–water partition coefficient (Wildman–Crippen LogP) is 4.83. The van der Waals surface area contributed by atoms with Crippen LogP contribution in [-0.4, -0.2) is 93.6 Å². The molecule has 3 N–H and O–H groups in total. The van der Waals surface area contributed by atoms with Gasteiger partial charge in [-0.3, -0.25) is 14.4 Å². The third-order valence-electron chi connectivity index (χ3n) is 9.99. The van der Waals surface area contributed by atoms with Gasteiger partial charge in [0.2, 0.25) is 11.8 Å². The summed E-state index contributed by atoms with van der Waals surface area (Å²) in [6, 6.07) is 12.6. The van der Waals surface area contributed by atoms with Crippen molar-refractivity contribution in [3.05, 3.63) is 113 Å². The van der Waals surface area contributed by atoms with E-state index in [2.05, 4.69) is 29.4 Å². The van der Waals surface area contributed by atoms with Gasteiger partial charge < -0.3 is 25.5 Å². The van der Waals surface area contributed by atoms with Crippen molar-refractivity contribution in [3.63, 3.8) is 0 Å². The molecular weight excluding hydrogens is 644 g/mol. The predicted molar refractivity (Wildman–Crippen MR) is 195 cm³/mol. The van der Waals surface area contributed by atoms with Gasteiger partial charge in [0.1, 0.15) is 18.0 Å². The second-order valence-electron chi connectivity index (χ2n) is 13.6. The molecular formula is C40H48N6O5. The molecule has 5 amide bonds. The summed E-state index contributed by atoms with van der Waals surface area (Å²) in [6.45, 7) is 5.24. The lowest BCUT2D eigenvalue weighted by molar-refractivity contribution is -0.189. The lowest BCUT2D eigenvalue weighted by Gasteiger charge is -2.55. The molecule has 51 heavy (non-hydrogen) atoms. The normalized spacial score (nSPS) is 20.7. The van der Waals surface area contributed by atoms with E-state index in [4.69, 9.17) is 0 Å². The van der Waals surface area contributed by atoms with Crippen molar-refractivity contribution in [1.29, 1.82) is 0 Å². The Kier molecular flexibility index (Phi) is 11.7. The minimum atomic E-state index is -0.895. The second kappa shape index (κ2) is 16.7. The van der Waals surface area contributed by atoms with E-state index in [1.807, 2.05) is 24.3 Å². The SMILES string of the molecule is C=CCN1CC(=O)N2[C@@H](Cc3ccc(O)cc3)C(=O)N(Cc3cccc(C(=O)NCCC4=CCCCC4)c3)C[C@@H]2N1C(=O)NCC1=CC=CCC1. The smallest absolute Gasteiger partial charge is 0.334 e. The molecule has 2 atom stereocenters. The van der Waals surface area contributed by atoms with Crippen molar-refractivity contribution in [2.75, 3.05) is 32.7 Å². The average molecular weight is 693 g/mol. The molecule has 268 valence electrons. The van der Waals surface area contributed by atoms with E-state index in [1.54, 1.807) is 62.3 Å². The van der Waals surface area contributed by atoms with Crippen LogP contribution in [0.25, 0.3) is 0 Å². The van der Waals surface area contributed by atoms with Crippen LogP contribution in [0.4, 0.5) is 4.79 Å². The Morgan fingerprint density at radius 3 is 2.57 bits per heavy atom. The molecule has 11 heteroatoms. The maximum absolute atomic E-state index is 14.4. The van der Waals surface area contributed by atoms with E-state index in [0.29, 0.717) is 18.7 Å². The van der Waals surface area contributed by atoms with E-state index in [9.17, 15) is 24.3 Å². The third kappa shape index (κ3) is 8.78. The number of hydrogen-bond acceptors (Lipinski definition) is 6. The number of urea groups is 1. The number of phenolic OH excluding ortho intramolecular Hbond substituents is 1. The highest BCUT2D eigenvalue weighted by Crippen LogP contribution is 2.30. The van der Waals surface area contributed by atoms with Crippen molar-refractivity contribution < 1.29 is 24.3 Å². The molecule has 2 aromatic rings. The van der Waals surface area contributed by atoms with Gasteiger partial charge in [-0.25, -0.2) is 14.8 Å². The van der Waals surface area contributed by atoms with E-state index in [0.717, 1.165) is 48.8 Å². The van der Waals surface area contributed by atoms with Gasteiger partial charge >= 0.3 is 6.03 Å². The number of carbonyl (C=O) groups is 4. The number of fused-ring (bicyclic) bond motifs is 1. The summed E-state index contributed by atoms with van der Waals surface area (Å²) < 4.78 is 0.